The van der Waals surface area contributed by atoms with E-state index in [9.17, 15) is 4.39 Å². The fourth-order valence-corrected chi connectivity index (χ4v) is 3.33. The summed E-state index contributed by atoms with van der Waals surface area (Å²) < 4.78 is 24.4. The monoisotopic (exact) mass is 390 g/mol. The smallest absolute Gasteiger partial charge is 0.130 e. The molecule has 0 spiro atoms. The van der Waals surface area contributed by atoms with Crippen molar-refractivity contribution in [2.45, 2.75) is 13.0 Å². The molecule has 0 saturated heterocycles. The Balaban J connectivity index is 1.33. The zero-order valence-electron chi connectivity index (χ0n) is 16.2. The van der Waals surface area contributed by atoms with Gasteiger partial charge in [0, 0.05) is 29.7 Å². The first-order chi connectivity index (χ1) is 14.2. The summed E-state index contributed by atoms with van der Waals surface area (Å²) in [6.45, 7) is 1.57. The molecule has 0 aliphatic carbocycles. The number of aromatic nitrogens is 1. The molecular formula is C24H23FN2O2. The van der Waals surface area contributed by atoms with Crippen molar-refractivity contribution in [3.63, 3.8) is 0 Å². The molecule has 0 fully saturated rings. The predicted molar refractivity (Wildman–Crippen MR) is 113 cm³/mol. The number of methoxy groups -OCH3 is 1. The molecule has 0 bridgehead atoms. The summed E-state index contributed by atoms with van der Waals surface area (Å²) in [6.07, 6.45) is 2.96. The minimum Gasteiger partial charge on any atom is -0.497 e. The molecule has 3 aromatic carbocycles. The van der Waals surface area contributed by atoms with E-state index in [2.05, 4.69) is 22.6 Å². The minimum atomic E-state index is -0.310. The summed E-state index contributed by atoms with van der Waals surface area (Å²) in [5, 5.41) is 4.66. The number of fused-ring (bicyclic) bond motifs is 1. The summed E-state index contributed by atoms with van der Waals surface area (Å²) in [6, 6.07) is 20.0. The molecule has 4 nitrogen and oxygen atoms in total. The first-order valence-electron chi connectivity index (χ1n) is 9.58. The lowest BCUT2D eigenvalue weighted by atomic mass is 10.1. The molecule has 0 atom stereocenters. The molecule has 0 saturated carbocycles. The Morgan fingerprint density at radius 3 is 2.59 bits per heavy atom. The molecule has 1 heterocycles. The lowest BCUT2D eigenvalue weighted by Crippen LogP contribution is -2.16. The number of halogens is 1. The highest BCUT2D eigenvalue weighted by molar-refractivity contribution is 5.84. The van der Waals surface area contributed by atoms with Crippen LogP contribution in [0.3, 0.4) is 0 Å². The SMILES string of the molecule is COc1ccc2[nH]cc(CCNCc3cccc(Oc4cccc(F)c4)c3)c2c1. The molecule has 5 heteroatoms. The molecule has 0 radical (unpaired) electrons. The maximum atomic E-state index is 13.3. The van der Waals surface area contributed by atoms with Crippen molar-refractivity contribution in [1.29, 1.82) is 0 Å². The molecule has 0 unspecified atom stereocenters. The molecule has 0 aliphatic heterocycles. The normalized spacial score (nSPS) is 11.0. The number of ether oxygens (including phenoxy) is 2. The number of benzene rings is 3. The van der Waals surface area contributed by atoms with Gasteiger partial charge in [0.1, 0.15) is 23.1 Å². The summed E-state index contributed by atoms with van der Waals surface area (Å²) in [5.74, 6) is 1.74. The number of H-pyrrole nitrogens is 1. The Hall–Kier alpha value is -3.31. The maximum Gasteiger partial charge on any atom is 0.130 e. The van der Waals surface area contributed by atoms with Gasteiger partial charge in [-0.2, -0.15) is 0 Å². The van der Waals surface area contributed by atoms with Crippen molar-refractivity contribution in [2.75, 3.05) is 13.7 Å². The number of aromatic amines is 1. The van der Waals surface area contributed by atoms with Gasteiger partial charge < -0.3 is 19.8 Å². The molecule has 0 amide bonds. The third-order valence-electron chi connectivity index (χ3n) is 4.81. The lowest BCUT2D eigenvalue weighted by Gasteiger charge is -2.09. The van der Waals surface area contributed by atoms with Gasteiger partial charge in [0.05, 0.1) is 7.11 Å². The minimum absolute atomic E-state index is 0.310. The molecular weight excluding hydrogens is 367 g/mol. The summed E-state index contributed by atoms with van der Waals surface area (Å²) >= 11 is 0. The van der Waals surface area contributed by atoms with Crippen LogP contribution in [0.4, 0.5) is 4.39 Å². The van der Waals surface area contributed by atoms with Crippen LogP contribution in [0.15, 0.2) is 72.9 Å². The molecule has 4 aromatic rings. The average molecular weight is 390 g/mol. The van der Waals surface area contributed by atoms with Crippen molar-refractivity contribution in [3.05, 3.63) is 89.9 Å². The highest BCUT2D eigenvalue weighted by Gasteiger charge is 2.05. The Bertz CT molecular complexity index is 1110. The molecule has 4 rings (SSSR count). The zero-order chi connectivity index (χ0) is 20.1. The van der Waals surface area contributed by atoms with E-state index >= 15 is 0 Å². The molecule has 29 heavy (non-hydrogen) atoms. The van der Waals surface area contributed by atoms with Gasteiger partial charge in [0.2, 0.25) is 0 Å². The van der Waals surface area contributed by atoms with E-state index in [4.69, 9.17) is 9.47 Å². The Labute approximate surface area is 169 Å². The van der Waals surface area contributed by atoms with Crippen LogP contribution < -0.4 is 14.8 Å². The standard InChI is InChI=1S/C24H23FN2O2/c1-28-20-8-9-24-23(14-20)18(16-27-24)10-11-26-15-17-4-2-6-21(12-17)29-22-7-3-5-19(25)13-22/h2-9,12-14,16,26-27H,10-11,15H2,1H3. The van der Waals surface area contributed by atoms with Crippen LogP contribution in [0.2, 0.25) is 0 Å². The Morgan fingerprint density at radius 2 is 1.76 bits per heavy atom. The van der Waals surface area contributed by atoms with Gasteiger partial charge in [-0.25, -0.2) is 4.39 Å². The largest absolute Gasteiger partial charge is 0.497 e. The molecule has 0 aliphatic rings. The first kappa shape index (κ1) is 19.0. The van der Waals surface area contributed by atoms with E-state index in [1.807, 2.05) is 36.4 Å². The van der Waals surface area contributed by atoms with Crippen LogP contribution in [-0.4, -0.2) is 18.6 Å². The van der Waals surface area contributed by atoms with Crippen molar-refractivity contribution in [3.8, 4) is 17.2 Å². The quantitative estimate of drug-likeness (QED) is 0.394. The number of rotatable bonds is 8. The van der Waals surface area contributed by atoms with E-state index in [0.717, 1.165) is 36.3 Å². The van der Waals surface area contributed by atoms with E-state index in [0.29, 0.717) is 11.5 Å². The van der Waals surface area contributed by atoms with Gasteiger partial charge in [0.15, 0.2) is 0 Å². The van der Waals surface area contributed by atoms with Crippen LogP contribution in [-0.2, 0) is 13.0 Å². The fourth-order valence-electron chi connectivity index (χ4n) is 3.33. The van der Waals surface area contributed by atoms with Gasteiger partial charge >= 0.3 is 0 Å². The van der Waals surface area contributed by atoms with Crippen LogP contribution in [0, 0.1) is 5.82 Å². The van der Waals surface area contributed by atoms with Crippen molar-refractivity contribution in [2.24, 2.45) is 0 Å². The van der Waals surface area contributed by atoms with Gasteiger partial charge in [-0.05, 0) is 66.6 Å². The first-order valence-corrected chi connectivity index (χ1v) is 9.58. The third kappa shape index (κ3) is 4.76. The van der Waals surface area contributed by atoms with Crippen LogP contribution in [0.25, 0.3) is 10.9 Å². The van der Waals surface area contributed by atoms with E-state index < -0.39 is 0 Å². The summed E-state index contributed by atoms with van der Waals surface area (Å²) in [4.78, 5) is 3.31. The Kier molecular flexibility index (Phi) is 5.77. The maximum absolute atomic E-state index is 13.3. The van der Waals surface area contributed by atoms with E-state index in [-0.39, 0.29) is 5.82 Å². The third-order valence-corrected chi connectivity index (χ3v) is 4.81. The number of nitrogens with one attached hydrogen (secondary N) is 2. The highest BCUT2D eigenvalue weighted by atomic mass is 19.1. The van der Waals surface area contributed by atoms with Gasteiger partial charge in [0.25, 0.3) is 0 Å². The van der Waals surface area contributed by atoms with Crippen LogP contribution >= 0.6 is 0 Å². The van der Waals surface area contributed by atoms with Gasteiger partial charge in [-0.1, -0.05) is 18.2 Å². The van der Waals surface area contributed by atoms with E-state index in [1.165, 1.54) is 23.1 Å². The lowest BCUT2D eigenvalue weighted by molar-refractivity contribution is 0.415. The van der Waals surface area contributed by atoms with Crippen molar-refractivity contribution in [1.82, 2.24) is 10.3 Å². The second-order valence-electron chi connectivity index (χ2n) is 6.86. The zero-order valence-corrected chi connectivity index (χ0v) is 16.2. The summed E-state index contributed by atoms with van der Waals surface area (Å²) in [7, 11) is 1.68. The fraction of sp³-hybridized carbons (Fsp3) is 0.167. The van der Waals surface area contributed by atoms with Crippen molar-refractivity contribution < 1.29 is 13.9 Å². The predicted octanol–water partition coefficient (Wildman–Crippen LogP) is 5.44. The topological polar surface area (TPSA) is 46.3 Å². The summed E-state index contributed by atoms with van der Waals surface area (Å²) in [5.41, 5.74) is 3.48. The van der Waals surface area contributed by atoms with Crippen LogP contribution in [0.5, 0.6) is 17.2 Å². The molecule has 148 valence electrons. The van der Waals surface area contributed by atoms with Crippen molar-refractivity contribution >= 4 is 10.9 Å². The second kappa shape index (κ2) is 8.80. The van der Waals surface area contributed by atoms with Crippen LogP contribution in [0.1, 0.15) is 11.1 Å². The second-order valence-corrected chi connectivity index (χ2v) is 6.86. The van der Waals surface area contributed by atoms with E-state index in [1.54, 1.807) is 19.2 Å². The van der Waals surface area contributed by atoms with Gasteiger partial charge in [-0.15, -0.1) is 0 Å². The molecule has 2 N–H and O–H groups in total. The highest BCUT2D eigenvalue weighted by Crippen LogP contribution is 2.24. The van der Waals surface area contributed by atoms with Gasteiger partial charge in [-0.3, -0.25) is 0 Å². The average Bonchev–Trinajstić information content (AvgIpc) is 3.13. The number of hydrogen-bond donors (Lipinski definition) is 2. The molecule has 1 aromatic heterocycles. The Morgan fingerprint density at radius 1 is 0.931 bits per heavy atom. The number of hydrogen-bond acceptors (Lipinski definition) is 3.